The highest BCUT2D eigenvalue weighted by molar-refractivity contribution is 7.19. The number of nitrogens with one attached hydrogen (secondary N) is 1. The Hall–Kier alpha value is -4.11. The van der Waals surface area contributed by atoms with Crippen molar-refractivity contribution in [1.29, 1.82) is 0 Å². The van der Waals surface area contributed by atoms with E-state index in [1.807, 2.05) is 24.3 Å². The first-order valence-electron chi connectivity index (χ1n) is 9.16. The van der Waals surface area contributed by atoms with Gasteiger partial charge >= 0.3 is 0 Å². The van der Waals surface area contributed by atoms with Crippen molar-refractivity contribution in [2.24, 2.45) is 0 Å². The van der Waals surface area contributed by atoms with E-state index in [0.29, 0.717) is 22.0 Å². The molecule has 1 amide bonds. The Bertz CT molecular complexity index is 1220. The fraction of sp³-hybridized carbons (Fsp3) is 0.0455. The van der Waals surface area contributed by atoms with Crippen LogP contribution in [0.1, 0.15) is 10.4 Å². The Morgan fingerprint density at radius 2 is 1.65 bits per heavy atom. The topological polar surface area (TPSA) is 107 Å². The molecule has 9 heteroatoms. The third-order valence-electron chi connectivity index (χ3n) is 4.49. The van der Waals surface area contributed by atoms with Crippen LogP contribution in [0.3, 0.4) is 0 Å². The lowest BCUT2D eigenvalue weighted by molar-refractivity contribution is -0.384. The van der Waals surface area contributed by atoms with Crippen molar-refractivity contribution in [3.63, 3.8) is 0 Å². The first-order chi connectivity index (χ1) is 15.0. The molecule has 154 valence electrons. The number of nitrogens with zero attached hydrogens (tertiary/aromatic N) is 3. The quantitative estimate of drug-likeness (QED) is 0.338. The first kappa shape index (κ1) is 20.2. The number of ether oxygens (including phenoxy) is 1. The molecule has 2 aromatic heterocycles. The van der Waals surface area contributed by atoms with Crippen LogP contribution >= 0.6 is 11.3 Å². The molecule has 4 aromatic rings. The van der Waals surface area contributed by atoms with Gasteiger partial charge in [-0.1, -0.05) is 11.3 Å². The lowest BCUT2D eigenvalue weighted by atomic mass is 10.1. The molecule has 8 nitrogen and oxygen atoms in total. The van der Waals surface area contributed by atoms with Gasteiger partial charge in [0, 0.05) is 35.7 Å². The van der Waals surface area contributed by atoms with Gasteiger partial charge in [0.1, 0.15) is 5.75 Å². The molecule has 1 N–H and O–H groups in total. The second kappa shape index (κ2) is 8.72. The Balaban J connectivity index is 1.74. The molecule has 0 unspecified atom stereocenters. The lowest BCUT2D eigenvalue weighted by Gasteiger charge is -2.04. The van der Waals surface area contributed by atoms with Crippen LogP contribution in [0, 0.1) is 10.1 Å². The lowest BCUT2D eigenvalue weighted by Crippen LogP contribution is -2.11. The molecule has 2 heterocycles. The molecule has 4 rings (SSSR count). The van der Waals surface area contributed by atoms with Gasteiger partial charge in [0.15, 0.2) is 5.13 Å². The number of rotatable bonds is 6. The number of pyridine rings is 1. The number of methoxy groups -OCH3 is 1. The number of anilines is 1. The normalized spacial score (nSPS) is 10.5. The van der Waals surface area contributed by atoms with Crippen LogP contribution in [0.4, 0.5) is 10.8 Å². The molecule has 0 saturated carbocycles. The van der Waals surface area contributed by atoms with Crippen molar-refractivity contribution < 1.29 is 14.5 Å². The summed E-state index contributed by atoms with van der Waals surface area (Å²) in [6, 6.07) is 16.9. The Labute approximate surface area is 181 Å². The number of carbonyl (C=O) groups is 1. The number of carbonyl (C=O) groups excluding carboxylic acids is 1. The molecule has 31 heavy (non-hydrogen) atoms. The number of benzene rings is 2. The van der Waals surface area contributed by atoms with E-state index in [1.165, 1.54) is 23.5 Å². The van der Waals surface area contributed by atoms with Crippen molar-refractivity contribution in [3.8, 4) is 27.4 Å². The van der Waals surface area contributed by atoms with Crippen molar-refractivity contribution >= 4 is 28.1 Å². The summed E-state index contributed by atoms with van der Waals surface area (Å²) in [7, 11) is 1.59. The van der Waals surface area contributed by atoms with E-state index < -0.39 is 4.92 Å². The Morgan fingerprint density at radius 3 is 2.26 bits per heavy atom. The highest BCUT2D eigenvalue weighted by Crippen LogP contribution is 2.40. The number of thiazole rings is 1. The van der Waals surface area contributed by atoms with Crippen LogP contribution in [0.2, 0.25) is 0 Å². The number of aromatic nitrogens is 2. The number of nitro benzene ring substituents is 1. The number of hydrogen-bond acceptors (Lipinski definition) is 7. The summed E-state index contributed by atoms with van der Waals surface area (Å²) in [5.74, 6) is 0.420. The highest BCUT2D eigenvalue weighted by atomic mass is 32.1. The van der Waals surface area contributed by atoms with E-state index >= 15 is 0 Å². The number of non-ortho nitro benzene ring substituents is 1. The molecule has 0 bridgehead atoms. The molecule has 0 radical (unpaired) electrons. The van der Waals surface area contributed by atoms with E-state index in [1.54, 1.807) is 43.8 Å². The molecule has 0 spiro atoms. The van der Waals surface area contributed by atoms with Crippen molar-refractivity contribution in [2.45, 2.75) is 0 Å². The van der Waals surface area contributed by atoms with E-state index in [2.05, 4.69) is 15.3 Å². The SMILES string of the molecule is COc1ccc(-c2sc(NC(=O)c3ccncc3)nc2-c2ccc([N+](=O)[O-])cc2)cc1. The largest absolute Gasteiger partial charge is 0.497 e. The van der Waals surface area contributed by atoms with Gasteiger partial charge in [-0.2, -0.15) is 0 Å². The minimum absolute atomic E-state index is 0.00353. The third-order valence-corrected chi connectivity index (χ3v) is 5.51. The summed E-state index contributed by atoms with van der Waals surface area (Å²) in [5, 5.41) is 14.2. The fourth-order valence-electron chi connectivity index (χ4n) is 2.92. The smallest absolute Gasteiger partial charge is 0.269 e. The van der Waals surface area contributed by atoms with Crippen LogP contribution in [0.25, 0.3) is 21.7 Å². The predicted molar refractivity (Wildman–Crippen MR) is 118 cm³/mol. The van der Waals surface area contributed by atoms with E-state index in [0.717, 1.165) is 16.2 Å². The molecule has 0 aliphatic carbocycles. The summed E-state index contributed by atoms with van der Waals surface area (Å²) in [6.07, 6.45) is 3.09. The molecule has 0 fully saturated rings. The molecule has 2 aromatic carbocycles. The van der Waals surface area contributed by atoms with E-state index in [9.17, 15) is 14.9 Å². The molecule has 0 aliphatic rings. The van der Waals surface area contributed by atoms with Crippen LogP contribution in [-0.2, 0) is 0 Å². The predicted octanol–water partition coefficient (Wildman–Crippen LogP) is 5.04. The Morgan fingerprint density at radius 1 is 1.00 bits per heavy atom. The zero-order chi connectivity index (χ0) is 21.8. The fourth-order valence-corrected chi connectivity index (χ4v) is 3.91. The van der Waals surface area contributed by atoms with Crippen LogP contribution in [0.15, 0.2) is 73.1 Å². The minimum Gasteiger partial charge on any atom is -0.497 e. The maximum Gasteiger partial charge on any atom is 0.269 e. The zero-order valence-electron chi connectivity index (χ0n) is 16.3. The van der Waals surface area contributed by atoms with Crippen LogP contribution in [0.5, 0.6) is 5.75 Å². The van der Waals surface area contributed by atoms with Gasteiger partial charge in [0.25, 0.3) is 11.6 Å². The monoisotopic (exact) mass is 432 g/mol. The van der Waals surface area contributed by atoms with Crippen LogP contribution < -0.4 is 10.1 Å². The molecule has 0 saturated heterocycles. The number of hydrogen-bond donors (Lipinski definition) is 1. The van der Waals surface area contributed by atoms with Crippen molar-refractivity contribution in [2.75, 3.05) is 12.4 Å². The van der Waals surface area contributed by atoms with Gasteiger partial charge in [-0.05, 0) is 54.1 Å². The molecular weight excluding hydrogens is 416 g/mol. The summed E-state index contributed by atoms with van der Waals surface area (Å²) in [4.78, 5) is 32.4. The maximum atomic E-state index is 12.5. The van der Waals surface area contributed by atoms with Gasteiger partial charge in [-0.25, -0.2) is 4.98 Å². The molecular formula is C22H16N4O4S. The van der Waals surface area contributed by atoms with Crippen molar-refractivity contribution in [1.82, 2.24) is 9.97 Å². The number of amides is 1. The van der Waals surface area contributed by atoms with Crippen LogP contribution in [-0.4, -0.2) is 27.9 Å². The summed E-state index contributed by atoms with van der Waals surface area (Å²) >= 11 is 1.32. The second-order valence-electron chi connectivity index (χ2n) is 6.42. The van der Waals surface area contributed by atoms with Gasteiger partial charge in [-0.15, -0.1) is 0 Å². The van der Waals surface area contributed by atoms with Gasteiger partial charge in [0.2, 0.25) is 0 Å². The average molecular weight is 432 g/mol. The summed E-state index contributed by atoms with van der Waals surface area (Å²) in [6.45, 7) is 0. The van der Waals surface area contributed by atoms with E-state index in [-0.39, 0.29) is 11.6 Å². The average Bonchev–Trinajstić information content (AvgIpc) is 3.23. The summed E-state index contributed by atoms with van der Waals surface area (Å²) < 4.78 is 5.22. The minimum atomic E-state index is -0.449. The van der Waals surface area contributed by atoms with Gasteiger partial charge < -0.3 is 4.74 Å². The zero-order valence-corrected chi connectivity index (χ0v) is 17.1. The standard InChI is InChI=1S/C22H16N4O4S/c1-30-18-8-4-15(5-9-18)20-19(14-2-6-17(7-3-14)26(28)29)24-22(31-20)25-21(27)16-10-12-23-13-11-16/h2-13H,1H3,(H,24,25,27). The molecule has 0 aliphatic heterocycles. The van der Waals surface area contributed by atoms with E-state index in [4.69, 9.17) is 4.74 Å². The first-order valence-corrected chi connectivity index (χ1v) is 9.98. The third kappa shape index (κ3) is 4.41. The second-order valence-corrected chi connectivity index (χ2v) is 7.42. The Kier molecular flexibility index (Phi) is 5.67. The molecule has 0 atom stereocenters. The van der Waals surface area contributed by atoms with Gasteiger partial charge in [0.05, 0.1) is 22.6 Å². The number of nitro groups is 1. The highest BCUT2D eigenvalue weighted by Gasteiger charge is 2.18. The van der Waals surface area contributed by atoms with Crippen molar-refractivity contribution in [3.05, 3.63) is 88.7 Å². The summed E-state index contributed by atoms with van der Waals surface area (Å²) in [5.41, 5.74) is 2.67. The maximum absolute atomic E-state index is 12.5. The van der Waals surface area contributed by atoms with Gasteiger partial charge in [-0.3, -0.25) is 25.2 Å².